The molecule has 0 aliphatic carbocycles. The van der Waals surface area contributed by atoms with Crippen molar-refractivity contribution in [2.75, 3.05) is 19.0 Å². The molecule has 28 heavy (non-hydrogen) atoms. The quantitative estimate of drug-likeness (QED) is 0.611. The van der Waals surface area contributed by atoms with Gasteiger partial charge in [-0.1, -0.05) is 0 Å². The van der Waals surface area contributed by atoms with E-state index in [0.717, 1.165) is 17.0 Å². The van der Waals surface area contributed by atoms with E-state index >= 15 is 0 Å². The molecule has 0 fully saturated rings. The van der Waals surface area contributed by atoms with E-state index in [1.807, 2.05) is 36.4 Å². The number of anilines is 1. The van der Waals surface area contributed by atoms with Gasteiger partial charge in [0.15, 0.2) is 6.61 Å². The molecular weight excluding hydrogens is 359 g/mol. The van der Waals surface area contributed by atoms with Gasteiger partial charge in [-0.15, -0.1) is 0 Å². The third-order valence-corrected chi connectivity index (χ3v) is 3.81. The lowest BCUT2D eigenvalue weighted by Crippen LogP contribution is -2.20. The average molecular weight is 378 g/mol. The number of methoxy groups -OCH3 is 1. The first kappa shape index (κ1) is 19.1. The van der Waals surface area contributed by atoms with Gasteiger partial charge in [-0.05, 0) is 78.4 Å². The minimum absolute atomic E-state index is 0.142. The third-order valence-electron chi connectivity index (χ3n) is 3.81. The molecule has 0 aromatic heterocycles. The second-order valence-electron chi connectivity index (χ2n) is 5.87. The van der Waals surface area contributed by atoms with Gasteiger partial charge in [0.25, 0.3) is 5.91 Å². The average Bonchev–Trinajstić information content (AvgIpc) is 2.73. The van der Waals surface area contributed by atoms with Crippen LogP contribution in [0.2, 0.25) is 0 Å². The highest BCUT2D eigenvalue weighted by Gasteiger charge is 2.04. The first-order valence-electron chi connectivity index (χ1n) is 8.59. The summed E-state index contributed by atoms with van der Waals surface area (Å²) in [5, 5.41) is 2.64. The fourth-order valence-corrected chi connectivity index (χ4v) is 2.35. The molecule has 0 spiro atoms. The molecule has 0 bridgehead atoms. The van der Waals surface area contributed by atoms with Crippen LogP contribution in [0, 0.1) is 5.82 Å². The SMILES string of the molecule is COc1ccc(N=Cc2ccc(OCC(=O)Nc3ccc(F)cc3)cc2)cc1. The fraction of sp³-hybridized carbons (Fsp3) is 0.0909. The number of hydrogen-bond donors (Lipinski definition) is 1. The molecule has 3 rings (SSSR count). The number of carbonyl (C=O) groups excluding carboxylic acids is 1. The van der Waals surface area contributed by atoms with Crippen LogP contribution in [0.1, 0.15) is 5.56 Å². The van der Waals surface area contributed by atoms with Crippen molar-refractivity contribution < 1.29 is 18.7 Å². The molecule has 0 aliphatic rings. The van der Waals surface area contributed by atoms with Gasteiger partial charge in [-0.3, -0.25) is 9.79 Å². The zero-order valence-corrected chi connectivity index (χ0v) is 15.3. The van der Waals surface area contributed by atoms with Gasteiger partial charge >= 0.3 is 0 Å². The highest BCUT2D eigenvalue weighted by atomic mass is 19.1. The van der Waals surface area contributed by atoms with Gasteiger partial charge in [-0.25, -0.2) is 4.39 Å². The molecule has 3 aromatic carbocycles. The minimum atomic E-state index is -0.357. The lowest BCUT2D eigenvalue weighted by molar-refractivity contribution is -0.118. The summed E-state index contributed by atoms with van der Waals surface area (Å²) in [6.07, 6.45) is 1.74. The second-order valence-corrected chi connectivity index (χ2v) is 5.87. The lowest BCUT2D eigenvalue weighted by atomic mass is 10.2. The largest absolute Gasteiger partial charge is 0.497 e. The smallest absolute Gasteiger partial charge is 0.262 e. The van der Waals surface area contributed by atoms with Crippen LogP contribution >= 0.6 is 0 Å². The number of carbonyl (C=O) groups is 1. The van der Waals surface area contributed by atoms with Crippen molar-refractivity contribution in [1.82, 2.24) is 0 Å². The molecule has 0 saturated carbocycles. The Morgan fingerprint density at radius 2 is 1.61 bits per heavy atom. The first-order chi connectivity index (χ1) is 13.6. The standard InChI is InChI=1S/C22H19FN2O3/c1-27-20-12-8-18(9-13-20)24-14-16-2-10-21(11-3-16)28-15-22(26)25-19-6-4-17(23)5-7-19/h2-14H,15H2,1H3,(H,25,26). The summed E-state index contributed by atoms with van der Waals surface area (Å²) in [6, 6.07) is 20.2. The number of aliphatic imine (C=N–C) groups is 1. The molecule has 142 valence electrons. The van der Waals surface area contributed by atoms with E-state index in [1.165, 1.54) is 24.3 Å². The van der Waals surface area contributed by atoms with Crippen LogP contribution in [0.25, 0.3) is 0 Å². The van der Waals surface area contributed by atoms with Crippen LogP contribution in [-0.4, -0.2) is 25.8 Å². The van der Waals surface area contributed by atoms with E-state index in [9.17, 15) is 9.18 Å². The lowest BCUT2D eigenvalue weighted by Gasteiger charge is -2.07. The molecule has 5 nitrogen and oxygen atoms in total. The highest BCUT2D eigenvalue weighted by molar-refractivity contribution is 5.91. The molecule has 0 saturated heterocycles. The van der Waals surface area contributed by atoms with Gasteiger partial charge in [-0.2, -0.15) is 0 Å². The van der Waals surface area contributed by atoms with E-state index in [-0.39, 0.29) is 18.3 Å². The molecule has 0 aliphatic heterocycles. The summed E-state index contributed by atoms with van der Waals surface area (Å²) in [5.41, 5.74) is 2.23. The number of benzene rings is 3. The molecule has 6 heteroatoms. The monoisotopic (exact) mass is 378 g/mol. The van der Waals surface area contributed by atoms with Crippen LogP contribution in [-0.2, 0) is 4.79 Å². The van der Waals surface area contributed by atoms with Crippen molar-refractivity contribution in [3.05, 3.63) is 84.2 Å². The Kier molecular flexibility index (Phi) is 6.36. The molecule has 3 aromatic rings. The summed E-state index contributed by atoms with van der Waals surface area (Å²) < 4.78 is 23.4. The van der Waals surface area contributed by atoms with Gasteiger partial charge < -0.3 is 14.8 Å². The summed E-state index contributed by atoms with van der Waals surface area (Å²) in [4.78, 5) is 16.3. The van der Waals surface area contributed by atoms with Crippen LogP contribution in [0.4, 0.5) is 15.8 Å². The Morgan fingerprint density at radius 3 is 2.25 bits per heavy atom. The molecule has 0 radical (unpaired) electrons. The molecular formula is C22H19FN2O3. The van der Waals surface area contributed by atoms with E-state index < -0.39 is 0 Å². The normalized spacial score (nSPS) is 10.6. The zero-order chi connectivity index (χ0) is 19.8. The summed E-state index contributed by atoms with van der Waals surface area (Å²) >= 11 is 0. The highest BCUT2D eigenvalue weighted by Crippen LogP contribution is 2.18. The number of ether oxygens (including phenoxy) is 2. The number of amides is 1. The van der Waals surface area contributed by atoms with E-state index in [1.54, 1.807) is 25.5 Å². The minimum Gasteiger partial charge on any atom is -0.497 e. The van der Waals surface area contributed by atoms with Crippen molar-refractivity contribution in [2.45, 2.75) is 0 Å². The predicted molar refractivity (Wildman–Crippen MR) is 107 cm³/mol. The van der Waals surface area contributed by atoms with E-state index in [4.69, 9.17) is 9.47 Å². The number of nitrogens with zero attached hydrogens (tertiary/aromatic N) is 1. The topological polar surface area (TPSA) is 59.9 Å². The number of halogens is 1. The van der Waals surface area contributed by atoms with Gasteiger partial charge in [0, 0.05) is 11.9 Å². The van der Waals surface area contributed by atoms with Crippen LogP contribution in [0.5, 0.6) is 11.5 Å². The maximum Gasteiger partial charge on any atom is 0.262 e. The van der Waals surface area contributed by atoms with Crippen LogP contribution in [0.3, 0.4) is 0 Å². The Bertz CT molecular complexity index is 937. The molecule has 1 N–H and O–H groups in total. The Morgan fingerprint density at radius 1 is 0.964 bits per heavy atom. The Balaban J connectivity index is 1.50. The third kappa shape index (κ3) is 5.67. The van der Waals surface area contributed by atoms with Gasteiger partial charge in [0.1, 0.15) is 17.3 Å². The van der Waals surface area contributed by atoms with Gasteiger partial charge in [0.05, 0.1) is 12.8 Å². The Hall–Kier alpha value is -3.67. The molecule has 0 unspecified atom stereocenters. The molecule has 0 heterocycles. The number of hydrogen-bond acceptors (Lipinski definition) is 4. The maximum atomic E-state index is 12.9. The Labute approximate surface area is 162 Å². The van der Waals surface area contributed by atoms with Crippen molar-refractivity contribution in [3.8, 4) is 11.5 Å². The van der Waals surface area contributed by atoms with Crippen molar-refractivity contribution in [2.24, 2.45) is 4.99 Å². The van der Waals surface area contributed by atoms with Crippen molar-refractivity contribution in [1.29, 1.82) is 0 Å². The second kappa shape index (κ2) is 9.32. The van der Waals surface area contributed by atoms with E-state index in [0.29, 0.717) is 11.4 Å². The first-order valence-corrected chi connectivity index (χ1v) is 8.59. The van der Waals surface area contributed by atoms with E-state index in [2.05, 4.69) is 10.3 Å². The number of rotatable bonds is 7. The fourth-order valence-electron chi connectivity index (χ4n) is 2.35. The van der Waals surface area contributed by atoms with Crippen molar-refractivity contribution >= 4 is 23.5 Å². The summed E-state index contributed by atoms with van der Waals surface area (Å²) in [7, 11) is 1.62. The van der Waals surface area contributed by atoms with Crippen molar-refractivity contribution in [3.63, 3.8) is 0 Å². The van der Waals surface area contributed by atoms with Crippen LogP contribution in [0.15, 0.2) is 77.8 Å². The molecule has 1 amide bonds. The summed E-state index contributed by atoms with van der Waals surface area (Å²) in [5.74, 6) is 0.668. The zero-order valence-electron chi connectivity index (χ0n) is 15.3. The van der Waals surface area contributed by atoms with Crippen LogP contribution < -0.4 is 14.8 Å². The maximum absolute atomic E-state index is 12.9. The number of nitrogens with one attached hydrogen (secondary N) is 1. The predicted octanol–water partition coefficient (Wildman–Crippen LogP) is 4.60. The summed E-state index contributed by atoms with van der Waals surface area (Å²) in [6.45, 7) is -0.142. The molecule has 0 atom stereocenters. The van der Waals surface area contributed by atoms with Gasteiger partial charge in [0.2, 0.25) is 0 Å².